The van der Waals surface area contributed by atoms with Gasteiger partial charge in [0.1, 0.15) is 13.2 Å². The predicted octanol–water partition coefficient (Wildman–Crippen LogP) is 15.8. The van der Waals surface area contributed by atoms with Gasteiger partial charge in [0.25, 0.3) is 0 Å². The third-order valence-corrected chi connectivity index (χ3v) is 10.0. The van der Waals surface area contributed by atoms with Crippen molar-refractivity contribution in [3.8, 4) is 0 Å². The third-order valence-electron chi connectivity index (χ3n) is 10.0. The molecule has 0 heterocycles. The molecule has 1 unspecified atom stereocenters. The van der Waals surface area contributed by atoms with Crippen LogP contribution >= 0.6 is 0 Å². The Bertz CT molecular complexity index is 1230. The van der Waals surface area contributed by atoms with Crippen LogP contribution in [-0.4, -0.2) is 37.2 Å². The zero-order valence-corrected chi connectivity index (χ0v) is 38.7. The van der Waals surface area contributed by atoms with Crippen molar-refractivity contribution in [1.29, 1.82) is 0 Å². The highest BCUT2D eigenvalue weighted by atomic mass is 16.6. The van der Waals surface area contributed by atoms with Crippen LogP contribution in [0.3, 0.4) is 0 Å². The van der Waals surface area contributed by atoms with Gasteiger partial charge in [-0.05, 0) is 57.8 Å². The van der Waals surface area contributed by atoms with Crippen LogP contribution < -0.4 is 0 Å². The maximum absolute atomic E-state index is 12.7. The van der Waals surface area contributed by atoms with Gasteiger partial charge >= 0.3 is 17.9 Å². The molecule has 6 heteroatoms. The Morgan fingerprint density at radius 3 is 1.15 bits per heavy atom. The van der Waals surface area contributed by atoms with Gasteiger partial charge in [-0.3, -0.25) is 14.4 Å². The molecule has 0 aromatic heterocycles. The van der Waals surface area contributed by atoms with E-state index in [2.05, 4.69) is 45.1 Å². The second-order valence-electron chi connectivity index (χ2n) is 15.8. The zero-order valence-electron chi connectivity index (χ0n) is 38.7. The summed E-state index contributed by atoms with van der Waals surface area (Å²) in [5.74, 6) is -0.989. The molecule has 0 radical (unpaired) electrons. The average Bonchev–Trinajstić information content (AvgIpc) is 3.24. The summed E-state index contributed by atoms with van der Waals surface area (Å²) in [5, 5.41) is 0. The fourth-order valence-corrected chi connectivity index (χ4v) is 6.37. The van der Waals surface area contributed by atoms with Crippen LogP contribution in [0.15, 0.2) is 97.2 Å². The van der Waals surface area contributed by atoms with Crippen molar-refractivity contribution in [2.45, 2.75) is 213 Å². The number of carbonyl (C=O) groups is 3. The van der Waals surface area contributed by atoms with Crippen molar-refractivity contribution in [3.05, 3.63) is 97.2 Å². The van der Waals surface area contributed by atoms with Gasteiger partial charge in [0.15, 0.2) is 6.10 Å². The summed E-state index contributed by atoms with van der Waals surface area (Å²) in [7, 11) is 0. The van der Waals surface area contributed by atoms with Gasteiger partial charge in [0, 0.05) is 19.3 Å². The van der Waals surface area contributed by atoms with E-state index in [4.69, 9.17) is 14.2 Å². The number of rotatable bonds is 42. The Morgan fingerprint density at radius 1 is 0.350 bits per heavy atom. The number of esters is 3. The summed E-state index contributed by atoms with van der Waals surface area (Å²) < 4.78 is 16.7. The molecule has 0 fully saturated rings. The van der Waals surface area contributed by atoms with Gasteiger partial charge in [-0.15, -0.1) is 0 Å². The van der Waals surface area contributed by atoms with E-state index in [9.17, 15) is 14.4 Å². The first kappa shape index (κ1) is 56.3. The molecule has 0 aliphatic heterocycles. The van der Waals surface area contributed by atoms with Crippen molar-refractivity contribution >= 4 is 17.9 Å². The highest BCUT2D eigenvalue weighted by Crippen LogP contribution is 2.14. The Hall–Kier alpha value is -3.67. The summed E-state index contributed by atoms with van der Waals surface area (Å²) in [6, 6.07) is 0. The molecule has 0 aliphatic carbocycles. The molecule has 1 atom stereocenters. The van der Waals surface area contributed by atoms with E-state index in [1.807, 2.05) is 72.9 Å². The van der Waals surface area contributed by atoms with E-state index in [1.165, 1.54) is 96.3 Å². The van der Waals surface area contributed by atoms with Crippen LogP contribution in [-0.2, 0) is 28.6 Å². The average molecular weight is 833 g/mol. The molecule has 0 aromatic carbocycles. The first-order valence-corrected chi connectivity index (χ1v) is 24.3. The van der Waals surface area contributed by atoms with Crippen LogP contribution in [0.25, 0.3) is 0 Å². The molecule has 0 saturated heterocycles. The standard InChI is InChI=1S/C54H88O6/c1-4-7-10-13-16-19-21-23-25-26-27-28-29-31-32-35-38-41-44-47-53(56)59-50-51(49-58-52(55)46-43-40-37-34-18-15-12-9-6-3)60-54(57)48-45-42-39-36-33-30-24-22-20-17-14-11-8-5-2/h7,10,13,16,19,21,23,25-29,31-32,34,37,51H,4-6,8-9,11-12,14-15,17-18,20,22,24,30,33,35-36,38-50H2,1-3H3/b10-7-,16-13-,21-19-,25-23-,27-26+,29-28-,32-31-,37-34-. The van der Waals surface area contributed by atoms with Crippen LogP contribution in [0.4, 0.5) is 0 Å². The highest BCUT2D eigenvalue weighted by molar-refractivity contribution is 5.71. The van der Waals surface area contributed by atoms with E-state index in [0.717, 1.165) is 64.2 Å². The third kappa shape index (κ3) is 45.4. The first-order valence-electron chi connectivity index (χ1n) is 24.3. The molecule has 340 valence electrons. The molecule has 0 aromatic rings. The Labute approximate surface area is 368 Å². The summed E-state index contributed by atoms with van der Waals surface area (Å²) >= 11 is 0. The zero-order chi connectivity index (χ0) is 43.7. The number of unbranched alkanes of at least 4 members (excludes halogenated alkanes) is 21. The normalized spacial score (nSPS) is 12.9. The topological polar surface area (TPSA) is 78.9 Å². The summed E-state index contributed by atoms with van der Waals surface area (Å²) in [6.45, 7) is 6.38. The van der Waals surface area contributed by atoms with Gasteiger partial charge in [-0.2, -0.15) is 0 Å². The smallest absolute Gasteiger partial charge is 0.306 e. The lowest BCUT2D eigenvalue weighted by atomic mass is 10.0. The van der Waals surface area contributed by atoms with Crippen LogP contribution in [0.1, 0.15) is 207 Å². The number of allylic oxidation sites excluding steroid dienone is 16. The maximum atomic E-state index is 12.7. The monoisotopic (exact) mass is 833 g/mol. The molecule has 0 rings (SSSR count). The lowest BCUT2D eigenvalue weighted by Crippen LogP contribution is -2.30. The summed E-state index contributed by atoms with van der Waals surface area (Å²) in [4.78, 5) is 37.8. The van der Waals surface area contributed by atoms with Crippen molar-refractivity contribution in [1.82, 2.24) is 0 Å². The predicted molar refractivity (Wildman–Crippen MR) is 256 cm³/mol. The molecule has 6 nitrogen and oxygen atoms in total. The summed E-state index contributed by atoms with van der Waals surface area (Å²) in [5.41, 5.74) is 0. The quantitative estimate of drug-likeness (QED) is 0.0200. The van der Waals surface area contributed by atoms with E-state index in [0.29, 0.717) is 25.7 Å². The van der Waals surface area contributed by atoms with Crippen molar-refractivity contribution < 1.29 is 28.6 Å². The van der Waals surface area contributed by atoms with Crippen LogP contribution in [0.5, 0.6) is 0 Å². The molecule has 0 aliphatic rings. The van der Waals surface area contributed by atoms with Gasteiger partial charge in [-0.1, -0.05) is 227 Å². The Balaban J connectivity index is 4.47. The SMILES string of the molecule is CC\C=C/C=C\C=C/C=C\C=C\C=C/C=C\CCCCCC(=O)OCC(COC(=O)CCC/C=C\CCCCCC)OC(=O)CCCCCCCCCCCCCCCC. The fraction of sp³-hybridized carbons (Fsp3) is 0.648. The minimum absolute atomic E-state index is 0.107. The lowest BCUT2D eigenvalue weighted by Gasteiger charge is -2.18. The fourth-order valence-electron chi connectivity index (χ4n) is 6.37. The molecular weight excluding hydrogens is 745 g/mol. The molecule has 0 bridgehead atoms. The van der Waals surface area contributed by atoms with Crippen molar-refractivity contribution in [2.75, 3.05) is 13.2 Å². The number of hydrogen-bond donors (Lipinski definition) is 0. The molecule has 0 spiro atoms. The van der Waals surface area contributed by atoms with E-state index in [-0.39, 0.29) is 31.1 Å². The van der Waals surface area contributed by atoms with Crippen molar-refractivity contribution in [2.24, 2.45) is 0 Å². The number of ether oxygens (including phenoxy) is 3. The van der Waals surface area contributed by atoms with Crippen LogP contribution in [0, 0.1) is 0 Å². The van der Waals surface area contributed by atoms with Gasteiger partial charge in [0.05, 0.1) is 0 Å². The minimum Gasteiger partial charge on any atom is -0.462 e. The molecule has 0 N–H and O–H groups in total. The minimum atomic E-state index is -0.804. The second kappa shape index (κ2) is 48.0. The van der Waals surface area contributed by atoms with Gasteiger partial charge in [-0.25, -0.2) is 0 Å². The lowest BCUT2D eigenvalue weighted by molar-refractivity contribution is -0.167. The van der Waals surface area contributed by atoms with Gasteiger partial charge in [0.2, 0.25) is 0 Å². The van der Waals surface area contributed by atoms with Crippen molar-refractivity contribution in [3.63, 3.8) is 0 Å². The molecule has 60 heavy (non-hydrogen) atoms. The van der Waals surface area contributed by atoms with E-state index < -0.39 is 6.10 Å². The van der Waals surface area contributed by atoms with E-state index >= 15 is 0 Å². The highest BCUT2D eigenvalue weighted by Gasteiger charge is 2.19. The Morgan fingerprint density at radius 2 is 0.683 bits per heavy atom. The van der Waals surface area contributed by atoms with Crippen LogP contribution in [0.2, 0.25) is 0 Å². The number of hydrogen-bond acceptors (Lipinski definition) is 6. The second-order valence-corrected chi connectivity index (χ2v) is 15.8. The molecule has 0 amide bonds. The maximum Gasteiger partial charge on any atom is 0.306 e. The first-order chi connectivity index (χ1) is 29.5. The number of carbonyl (C=O) groups excluding carboxylic acids is 3. The van der Waals surface area contributed by atoms with E-state index in [1.54, 1.807) is 0 Å². The molecule has 0 saturated carbocycles. The Kier molecular flexibility index (Phi) is 45.1. The van der Waals surface area contributed by atoms with Gasteiger partial charge < -0.3 is 14.2 Å². The summed E-state index contributed by atoms with van der Waals surface area (Å²) in [6.07, 6.45) is 62.5. The largest absolute Gasteiger partial charge is 0.462 e. The molecular formula is C54H88O6.